The zero-order valence-electron chi connectivity index (χ0n) is 11.6. The summed E-state index contributed by atoms with van der Waals surface area (Å²) in [6.07, 6.45) is 3.46. The van der Waals surface area contributed by atoms with Gasteiger partial charge in [0.1, 0.15) is 5.69 Å². The van der Waals surface area contributed by atoms with Crippen LogP contribution in [-0.4, -0.2) is 51.2 Å². The second-order valence-corrected chi connectivity index (χ2v) is 5.09. The summed E-state index contributed by atoms with van der Waals surface area (Å²) in [6, 6.07) is 0.103. The van der Waals surface area contributed by atoms with Crippen LogP contribution in [0.2, 0.25) is 0 Å². The van der Waals surface area contributed by atoms with E-state index < -0.39 is 0 Å². The molecule has 0 bridgehead atoms. The van der Waals surface area contributed by atoms with Crippen molar-refractivity contribution in [3.63, 3.8) is 0 Å². The van der Waals surface area contributed by atoms with Crippen LogP contribution in [0.1, 0.15) is 37.2 Å². The normalized spacial score (nSPS) is 14.1. The third kappa shape index (κ3) is 3.07. The van der Waals surface area contributed by atoms with Gasteiger partial charge >= 0.3 is 0 Å². The Kier molecular flexibility index (Phi) is 4.42. The van der Waals surface area contributed by atoms with Gasteiger partial charge in [0.05, 0.1) is 0 Å². The highest BCUT2D eigenvalue weighted by Gasteiger charge is 2.23. The quantitative estimate of drug-likeness (QED) is 0.832. The molecule has 6 nitrogen and oxygen atoms in total. The monoisotopic (exact) mass is 266 g/mol. The average molecular weight is 266 g/mol. The van der Waals surface area contributed by atoms with Gasteiger partial charge in [-0.1, -0.05) is 0 Å². The first-order chi connectivity index (χ1) is 9.13. The number of hydrogen-bond acceptors (Lipinski definition) is 4. The van der Waals surface area contributed by atoms with Crippen LogP contribution in [0, 0.1) is 0 Å². The van der Waals surface area contributed by atoms with Gasteiger partial charge in [-0.05, 0) is 26.7 Å². The minimum atomic E-state index is -0.0628. The molecule has 0 fully saturated rings. The Morgan fingerprint density at radius 2 is 2.42 bits per heavy atom. The Labute approximate surface area is 113 Å². The maximum Gasteiger partial charge on any atom is 0.274 e. The van der Waals surface area contributed by atoms with Crippen molar-refractivity contribution < 1.29 is 9.90 Å². The molecular weight excluding hydrogens is 244 g/mol. The van der Waals surface area contributed by atoms with Crippen LogP contribution in [0.4, 0.5) is 5.95 Å². The number of aliphatic hydroxyl groups excluding tert-OH is 1. The second kappa shape index (κ2) is 6.06. The van der Waals surface area contributed by atoms with E-state index >= 15 is 0 Å². The Morgan fingerprint density at radius 1 is 1.63 bits per heavy atom. The van der Waals surface area contributed by atoms with E-state index in [0.717, 1.165) is 25.5 Å². The van der Waals surface area contributed by atoms with Crippen LogP contribution in [-0.2, 0) is 6.54 Å². The topological polar surface area (TPSA) is 70.4 Å². The highest BCUT2D eigenvalue weighted by Crippen LogP contribution is 2.16. The lowest BCUT2D eigenvalue weighted by molar-refractivity contribution is 0.0687. The largest absolute Gasteiger partial charge is 0.396 e. The van der Waals surface area contributed by atoms with Gasteiger partial charge in [-0.2, -0.15) is 0 Å². The first-order valence-electron chi connectivity index (χ1n) is 6.86. The Hall–Kier alpha value is -1.56. The van der Waals surface area contributed by atoms with Crippen molar-refractivity contribution >= 4 is 11.9 Å². The molecule has 1 aromatic rings. The summed E-state index contributed by atoms with van der Waals surface area (Å²) < 4.78 is 1.99. The lowest BCUT2D eigenvalue weighted by Crippen LogP contribution is -2.38. The molecular formula is C13H22N4O2. The fourth-order valence-electron chi connectivity index (χ4n) is 2.26. The number of carbonyl (C=O) groups is 1. The number of anilines is 1. The lowest BCUT2D eigenvalue weighted by atomic mass is 10.2. The van der Waals surface area contributed by atoms with Gasteiger partial charge in [-0.3, -0.25) is 4.79 Å². The molecule has 1 aliphatic heterocycles. The number of aryl methyl sites for hydroxylation is 1. The van der Waals surface area contributed by atoms with Crippen LogP contribution >= 0.6 is 0 Å². The van der Waals surface area contributed by atoms with Crippen molar-refractivity contribution in [2.75, 3.05) is 25.0 Å². The molecule has 1 aliphatic rings. The number of aliphatic hydroxyl groups is 1. The fourth-order valence-corrected chi connectivity index (χ4v) is 2.26. The molecule has 1 amide bonds. The molecule has 0 aromatic carbocycles. The molecule has 2 heterocycles. The zero-order valence-corrected chi connectivity index (χ0v) is 11.6. The van der Waals surface area contributed by atoms with Gasteiger partial charge in [-0.25, -0.2) is 4.98 Å². The van der Waals surface area contributed by atoms with Crippen molar-refractivity contribution in [1.29, 1.82) is 0 Å². The van der Waals surface area contributed by atoms with Crippen LogP contribution in [0.3, 0.4) is 0 Å². The molecule has 0 aliphatic carbocycles. The van der Waals surface area contributed by atoms with Gasteiger partial charge in [0.2, 0.25) is 5.95 Å². The maximum absolute atomic E-state index is 12.5. The molecule has 0 saturated carbocycles. The zero-order chi connectivity index (χ0) is 13.8. The highest BCUT2D eigenvalue weighted by atomic mass is 16.3. The van der Waals surface area contributed by atoms with Gasteiger partial charge in [0.15, 0.2) is 0 Å². The number of nitrogens with zero attached hydrogens (tertiary/aromatic N) is 3. The van der Waals surface area contributed by atoms with E-state index in [1.165, 1.54) is 0 Å². The number of imidazole rings is 1. The van der Waals surface area contributed by atoms with E-state index in [0.29, 0.717) is 18.7 Å². The highest BCUT2D eigenvalue weighted by molar-refractivity contribution is 5.92. The number of aromatic nitrogens is 2. The van der Waals surface area contributed by atoms with E-state index in [4.69, 9.17) is 5.11 Å². The first kappa shape index (κ1) is 13.9. The Balaban J connectivity index is 2.14. The third-order valence-corrected chi connectivity index (χ3v) is 3.30. The van der Waals surface area contributed by atoms with Crippen LogP contribution in [0.15, 0.2) is 6.20 Å². The summed E-state index contributed by atoms with van der Waals surface area (Å²) in [6.45, 7) is 6.41. The van der Waals surface area contributed by atoms with E-state index in [2.05, 4.69) is 10.3 Å². The molecule has 1 aromatic heterocycles. The summed E-state index contributed by atoms with van der Waals surface area (Å²) in [5, 5.41) is 12.1. The number of fused-ring (bicyclic) bond motifs is 1. The van der Waals surface area contributed by atoms with Crippen molar-refractivity contribution in [1.82, 2.24) is 14.5 Å². The molecule has 106 valence electrons. The standard InChI is InChI=1S/C13H22N4O2/c1-10(2)17(7-4-8-18)12(19)11-9-16-6-3-5-14-13(16)15-11/h9-10,18H,3-8H2,1-2H3,(H,14,15). The van der Waals surface area contributed by atoms with Crippen LogP contribution < -0.4 is 5.32 Å². The summed E-state index contributed by atoms with van der Waals surface area (Å²) in [5.41, 5.74) is 0.482. The van der Waals surface area contributed by atoms with Gasteiger partial charge in [0, 0.05) is 38.5 Å². The van der Waals surface area contributed by atoms with E-state index in [-0.39, 0.29) is 18.6 Å². The van der Waals surface area contributed by atoms with Crippen molar-refractivity contribution in [2.24, 2.45) is 0 Å². The predicted octanol–water partition coefficient (Wildman–Crippen LogP) is 0.932. The summed E-state index contributed by atoms with van der Waals surface area (Å²) in [4.78, 5) is 18.6. The molecule has 0 spiro atoms. The molecule has 2 N–H and O–H groups in total. The third-order valence-electron chi connectivity index (χ3n) is 3.30. The smallest absolute Gasteiger partial charge is 0.274 e. The number of hydrogen-bond donors (Lipinski definition) is 2. The van der Waals surface area contributed by atoms with E-state index in [9.17, 15) is 4.79 Å². The minimum absolute atomic E-state index is 0.0628. The van der Waals surface area contributed by atoms with Gasteiger partial charge in [0.25, 0.3) is 5.91 Å². The fraction of sp³-hybridized carbons (Fsp3) is 0.692. The summed E-state index contributed by atoms with van der Waals surface area (Å²) in [5.74, 6) is 0.715. The minimum Gasteiger partial charge on any atom is -0.396 e. The summed E-state index contributed by atoms with van der Waals surface area (Å²) in [7, 11) is 0. The molecule has 19 heavy (non-hydrogen) atoms. The molecule has 0 saturated heterocycles. The molecule has 6 heteroatoms. The molecule has 2 rings (SSSR count). The Bertz CT molecular complexity index is 418. The maximum atomic E-state index is 12.5. The van der Waals surface area contributed by atoms with Crippen LogP contribution in [0.5, 0.6) is 0 Å². The van der Waals surface area contributed by atoms with Crippen LogP contribution in [0.25, 0.3) is 0 Å². The number of amides is 1. The second-order valence-electron chi connectivity index (χ2n) is 5.09. The number of carbonyl (C=O) groups excluding carboxylic acids is 1. The van der Waals surface area contributed by atoms with Crippen molar-refractivity contribution in [3.8, 4) is 0 Å². The predicted molar refractivity (Wildman–Crippen MR) is 73.2 cm³/mol. The SMILES string of the molecule is CC(C)N(CCCO)C(=O)c1cn2c(n1)NCCC2. The molecule has 0 atom stereocenters. The van der Waals surface area contributed by atoms with E-state index in [1.807, 2.05) is 24.6 Å². The van der Waals surface area contributed by atoms with Crippen molar-refractivity contribution in [3.05, 3.63) is 11.9 Å². The lowest BCUT2D eigenvalue weighted by Gasteiger charge is -2.25. The summed E-state index contributed by atoms with van der Waals surface area (Å²) >= 11 is 0. The molecule has 0 unspecified atom stereocenters. The first-order valence-corrected chi connectivity index (χ1v) is 6.86. The van der Waals surface area contributed by atoms with E-state index in [1.54, 1.807) is 4.90 Å². The Morgan fingerprint density at radius 3 is 3.05 bits per heavy atom. The average Bonchev–Trinajstić information content (AvgIpc) is 2.82. The van der Waals surface area contributed by atoms with Gasteiger partial charge in [-0.15, -0.1) is 0 Å². The number of nitrogens with one attached hydrogen (secondary N) is 1. The van der Waals surface area contributed by atoms with Gasteiger partial charge < -0.3 is 19.9 Å². The molecule has 0 radical (unpaired) electrons. The van der Waals surface area contributed by atoms with Crippen molar-refractivity contribution in [2.45, 2.75) is 39.3 Å². The number of rotatable bonds is 5.